The molecule has 2 N–H and O–H groups in total. The number of hydrogen-bond acceptors (Lipinski definition) is 4. The van der Waals surface area contributed by atoms with Gasteiger partial charge in [0, 0.05) is 17.1 Å². The van der Waals surface area contributed by atoms with E-state index in [1.165, 1.54) is 11.3 Å². The molecule has 0 fully saturated rings. The quantitative estimate of drug-likeness (QED) is 0.482. The van der Waals surface area contributed by atoms with Crippen molar-refractivity contribution in [3.05, 3.63) is 76.9 Å². The van der Waals surface area contributed by atoms with Gasteiger partial charge in [-0.2, -0.15) is 0 Å². The SMILES string of the molecule is C=CCn1c(-c2ccc(OC)cc2)c(C)s/c1=N/NC(=O)Nc1ccccc1. The van der Waals surface area contributed by atoms with Gasteiger partial charge in [-0.1, -0.05) is 35.6 Å². The molecule has 2 amide bonds. The lowest BCUT2D eigenvalue weighted by Gasteiger charge is -2.09. The first-order valence-electron chi connectivity index (χ1n) is 8.73. The number of hydrogen-bond donors (Lipinski definition) is 2. The molecule has 6 nitrogen and oxygen atoms in total. The number of aryl methyl sites for hydroxylation is 1. The van der Waals surface area contributed by atoms with Gasteiger partial charge in [0.25, 0.3) is 0 Å². The van der Waals surface area contributed by atoms with E-state index >= 15 is 0 Å². The molecule has 0 unspecified atom stereocenters. The minimum absolute atomic E-state index is 0.395. The highest BCUT2D eigenvalue weighted by atomic mass is 32.1. The van der Waals surface area contributed by atoms with Crippen molar-refractivity contribution in [3.8, 4) is 17.0 Å². The predicted molar refractivity (Wildman–Crippen MR) is 113 cm³/mol. The Kier molecular flexibility index (Phi) is 6.29. The predicted octanol–water partition coefficient (Wildman–Crippen LogP) is 4.36. The Balaban J connectivity index is 1.89. The summed E-state index contributed by atoms with van der Waals surface area (Å²) in [5, 5.41) is 7.06. The Labute approximate surface area is 167 Å². The van der Waals surface area contributed by atoms with Crippen LogP contribution in [-0.4, -0.2) is 17.7 Å². The molecule has 0 spiro atoms. The number of carbonyl (C=O) groups is 1. The van der Waals surface area contributed by atoms with E-state index < -0.39 is 6.03 Å². The van der Waals surface area contributed by atoms with Crippen LogP contribution in [0.15, 0.2) is 72.4 Å². The summed E-state index contributed by atoms with van der Waals surface area (Å²) in [5.74, 6) is 0.802. The highest BCUT2D eigenvalue weighted by Crippen LogP contribution is 2.27. The van der Waals surface area contributed by atoms with Crippen molar-refractivity contribution in [2.75, 3.05) is 12.4 Å². The van der Waals surface area contributed by atoms with E-state index in [4.69, 9.17) is 4.74 Å². The normalized spacial score (nSPS) is 11.1. The van der Waals surface area contributed by atoms with Crippen molar-refractivity contribution in [3.63, 3.8) is 0 Å². The summed E-state index contributed by atoms with van der Waals surface area (Å²) in [6.45, 7) is 6.45. The van der Waals surface area contributed by atoms with E-state index in [1.54, 1.807) is 7.11 Å². The van der Waals surface area contributed by atoms with Gasteiger partial charge in [-0.3, -0.25) is 0 Å². The number of methoxy groups -OCH3 is 1. The van der Waals surface area contributed by atoms with Crippen molar-refractivity contribution in [1.82, 2.24) is 9.99 Å². The summed E-state index contributed by atoms with van der Waals surface area (Å²) in [4.78, 5) is 13.9. The van der Waals surface area contributed by atoms with Crippen molar-refractivity contribution >= 4 is 23.1 Å². The number of allylic oxidation sites excluding steroid dienone is 1. The second kappa shape index (κ2) is 9.05. The summed E-state index contributed by atoms with van der Waals surface area (Å²) in [5.41, 5.74) is 5.36. The number of ether oxygens (including phenoxy) is 1. The van der Waals surface area contributed by atoms with Gasteiger partial charge in [0.05, 0.1) is 12.8 Å². The standard InChI is InChI=1S/C21H22N4O2S/c1-4-14-25-19(16-10-12-18(27-3)13-11-16)15(2)28-21(25)24-23-20(26)22-17-8-6-5-7-9-17/h4-13H,1,14H2,2-3H3,(H2,22,23,26)/b24-21+. The molecular formula is C21H22N4O2S. The molecule has 3 rings (SSSR count). The zero-order chi connectivity index (χ0) is 19.9. The number of nitrogens with zero attached hydrogens (tertiary/aromatic N) is 2. The van der Waals surface area contributed by atoms with Crippen molar-refractivity contribution in [1.29, 1.82) is 0 Å². The number of amides is 2. The molecular weight excluding hydrogens is 372 g/mol. The molecule has 0 aliphatic rings. The number of urea groups is 1. The maximum Gasteiger partial charge on any atom is 0.339 e. The monoisotopic (exact) mass is 394 g/mol. The number of para-hydroxylation sites is 1. The summed E-state index contributed by atoms with van der Waals surface area (Å²) < 4.78 is 7.26. The van der Waals surface area contributed by atoms with Gasteiger partial charge in [-0.25, -0.2) is 10.2 Å². The van der Waals surface area contributed by atoms with Crippen molar-refractivity contribution in [2.24, 2.45) is 5.10 Å². The minimum atomic E-state index is -0.395. The minimum Gasteiger partial charge on any atom is -0.497 e. The zero-order valence-electron chi connectivity index (χ0n) is 15.8. The van der Waals surface area contributed by atoms with E-state index in [9.17, 15) is 4.79 Å². The van der Waals surface area contributed by atoms with Crippen LogP contribution in [0.25, 0.3) is 11.3 Å². The fraction of sp³-hybridized carbons (Fsp3) is 0.143. The van der Waals surface area contributed by atoms with Crippen LogP contribution in [0.2, 0.25) is 0 Å². The van der Waals surface area contributed by atoms with Crippen LogP contribution in [0.3, 0.4) is 0 Å². The van der Waals surface area contributed by atoms with Crippen LogP contribution in [0.5, 0.6) is 5.75 Å². The fourth-order valence-electron chi connectivity index (χ4n) is 2.79. The number of thiazole rings is 1. The average molecular weight is 395 g/mol. The lowest BCUT2D eigenvalue weighted by molar-refractivity contribution is 0.252. The van der Waals surface area contributed by atoms with E-state index in [0.717, 1.165) is 21.9 Å². The first-order valence-corrected chi connectivity index (χ1v) is 9.55. The Hall–Kier alpha value is -3.32. The van der Waals surface area contributed by atoms with Crippen molar-refractivity contribution < 1.29 is 9.53 Å². The van der Waals surface area contributed by atoms with Crippen LogP contribution in [0, 0.1) is 6.92 Å². The highest BCUT2D eigenvalue weighted by molar-refractivity contribution is 7.09. The number of anilines is 1. The Bertz CT molecular complexity index is 1020. The van der Waals surface area contributed by atoms with Gasteiger partial charge in [0.2, 0.25) is 4.80 Å². The van der Waals surface area contributed by atoms with Gasteiger partial charge in [-0.05, 0) is 48.9 Å². The lowest BCUT2D eigenvalue weighted by atomic mass is 10.1. The van der Waals surface area contributed by atoms with E-state index in [1.807, 2.05) is 72.2 Å². The third kappa shape index (κ3) is 4.50. The summed E-state index contributed by atoms with van der Waals surface area (Å²) in [6, 6.07) is 16.7. The molecule has 0 saturated heterocycles. The fourth-order valence-corrected chi connectivity index (χ4v) is 3.76. The van der Waals surface area contributed by atoms with Crippen LogP contribution < -0.4 is 20.3 Å². The number of benzene rings is 2. The number of aromatic nitrogens is 1. The molecule has 1 aromatic heterocycles. The molecule has 1 heterocycles. The highest BCUT2D eigenvalue weighted by Gasteiger charge is 2.12. The molecule has 0 aliphatic heterocycles. The van der Waals surface area contributed by atoms with Gasteiger partial charge in [-0.15, -0.1) is 11.7 Å². The number of carbonyl (C=O) groups excluding carboxylic acids is 1. The lowest BCUT2D eigenvalue weighted by Crippen LogP contribution is -2.28. The summed E-state index contributed by atoms with van der Waals surface area (Å²) in [7, 11) is 1.64. The Morgan fingerprint density at radius 2 is 1.93 bits per heavy atom. The molecule has 2 aromatic carbocycles. The molecule has 0 atom stereocenters. The second-order valence-electron chi connectivity index (χ2n) is 5.96. The first-order chi connectivity index (χ1) is 13.6. The van der Waals surface area contributed by atoms with Gasteiger partial charge in [0.1, 0.15) is 5.75 Å². The smallest absolute Gasteiger partial charge is 0.339 e. The van der Waals surface area contributed by atoms with Crippen LogP contribution in [0.4, 0.5) is 10.5 Å². The molecule has 7 heteroatoms. The van der Waals surface area contributed by atoms with E-state index in [0.29, 0.717) is 17.0 Å². The Morgan fingerprint density at radius 1 is 1.21 bits per heavy atom. The summed E-state index contributed by atoms with van der Waals surface area (Å²) in [6.07, 6.45) is 1.81. The first kappa shape index (κ1) is 19.4. The molecule has 0 radical (unpaired) electrons. The van der Waals surface area contributed by atoms with Crippen LogP contribution >= 0.6 is 11.3 Å². The Morgan fingerprint density at radius 3 is 2.57 bits per heavy atom. The average Bonchev–Trinajstić information content (AvgIpc) is 3.02. The van der Waals surface area contributed by atoms with Gasteiger partial charge >= 0.3 is 6.03 Å². The molecule has 144 valence electrons. The van der Waals surface area contributed by atoms with Crippen molar-refractivity contribution in [2.45, 2.75) is 13.5 Å². The molecule has 0 aliphatic carbocycles. The molecule has 3 aromatic rings. The van der Waals surface area contributed by atoms with Crippen LogP contribution in [-0.2, 0) is 6.54 Å². The number of nitrogens with one attached hydrogen (secondary N) is 2. The summed E-state index contributed by atoms with van der Waals surface area (Å²) >= 11 is 1.51. The van der Waals surface area contributed by atoms with E-state index in [-0.39, 0.29) is 0 Å². The molecule has 0 saturated carbocycles. The number of rotatable bonds is 6. The largest absolute Gasteiger partial charge is 0.497 e. The third-order valence-electron chi connectivity index (χ3n) is 4.04. The molecule has 0 bridgehead atoms. The van der Waals surface area contributed by atoms with E-state index in [2.05, 4.69) is 22.4 Å². The molecule has 28 heavy (non-hydrogen) atoms. The maximum atomic E-state index is 12.1. The maximum absolute atomic E-state index is 12.1. The topological polar surface area (TPSA) is 67.6 Å². The van der Waals surface area contributed by atoms with Gasteiger partial charge in [0.15, 0.2) is 0 Å². The van der Waals surface area contributed by atoms with Crippen LogP contribution in [0.1, 0.15) is 4.88 Å². The second-order valence-corrected chi connectivity index (χ2v) is 7.14. The third-order valence-corrected chi connectivity index (χ3v) is 5.03. The van der Waals surface area contributed by atoms with Gasteiger partial charge < -0.3 is 14.6 Å². The zero-order valence-corrected chi connectivity index (χ0v) is 16.6.